The Kier molecular flexibility index (Phi) is 6.42. The predicted octanol–water partition coefficient (Wildman–Crippen LogP) is 4.49. The van der Waals surface area contributed by atoms with Crippen molar-refractivity contribution in [3.63, 3.8) is 0 Å². The van der Waals surface area contributed by atoms with Gasteiger partial charge in [0.25, 0.3) is 0 Å². The van der Waals surface area contributed by atoms with Crippen LogP contribution in [0.2, 0.25) is 0 Å². The number of hydrogen-bond donors (Lipinski definition) is 1. The van der Waals surface area contributed by atoms with E-state index in [4.69, 9.17) is 0 Å². The van der Waals surface area contributed by atoms with Crippen molar-refractivity contribution in [1.82, 2.24) is 5.01 Å². The summed E-state index contributed by atoms with van der Waals surface area (Å²) < 4.78 is 0. The van der Waals surface area contributed by atoms with Crippen molar-refractivity contribution in [3.8, 4) is 0 Å². The van der Waals surface area contributed by atoms with Crippen LogP contribution in [0.1, 0.15) is 18.1 Å². The molecule has 0 aliphatic rings. The van der Waals surface area contributed by atoms with Crippen LogP contribution in [0.5, 0.6) is 0 Å². The summed E-state index contributed by atoms with van der Waals surface area (Å²) in [5.74, 6) is 0. The van der Waals surface area contributed by atoms with E-state index in [2.05, 4.69) is 77.6 Å². The number of nitrogens with zero attached hydrogens (tertiary/aromatic N) is 2. The molecule has 0 saturated carbocycles. The molecule has 0 spiro atoms. The van der Waals surface area contributed by atoms with E-state index in [-0.39, 0.29) is 12.6 Å². The first-order chi connectivity index (χ1) is 12.8. The molecule has 3 rings (SSSR count). The van der Waals surface area contributed by atoms with Gasteiger partial charge in [-0.15, -0.1) is 0 Å². The van der Waals surface area contributed by atoms with Gasteiger partial charge in [0.05, 0.1) is 18.3 Å². The molecule has 0 aromatic heterocycles. The van der Waals surface area contributed by atoms with Gasteiger partial charge in [0.2, 0.25) is 0 Å². The van der Waals surface area contributed by atoms with Crippen LogP contribution in [-0.4, -0.2) is 22.8 Å². The molecule has 26 heavy (non-hydrogen) atoms. The molecule has 0 radical (unpaired) electrons. The van der Waals surface area contributed by atoms with Crippen molar-refractivity contribution >= 4 is 5.69 Å². The van der Waals surface area contributed by atoms with Crippen LogP contribution >= 0.6 is 0 Å². The predicted molar refractivity (Wildman–Crippen MR) is 108 cm³/mol. The molecule has 0 unspecified atom stereocenters. The topological polar surface area (TPSA) is 26.7 Å². The Hall–Kier alpha value is -2.62. The van der Waals surface area contributed by atoms with E-state index in [0.717, 1.165) is 18.8 Å². The third-order valence-corrected chi connectivity index (χ3v) is 4.42. The average Bonchev–Trinajstić information content (AvgIpc) is 2.70. The summed E-state index contributed by atoms with van der Waals surface area (Å²) in [6.45, 7) is 3.69. The molecule has 1 atom stereocenters. The van der Waals surface area contributed by atoms with Gasteiger partial charge in [0.1, 0.15) is 0 Å². The van der Waals surface area contributed by atoms with Crippen LogP contribution in [0.3, 0.4) is 0 Å². The first-order valence-electron chi connectivity index (χ1n) is 9.06. The van der Waals surface area contributed by atoms with Crippen LogP contribution in [0.25, 0.3) is 0 Å². The Bertz CT molecular complexity index is 720. The molecule has 0 saturated heterocycles. The first-order valence-corrected chi connectivity index (χ1v) is 9.06. The van der Waals surface area contributed by atoms with Gasteiger partial charge in [-0.3, -0.25) is 0 Å². The molecule has 0 aliphatic carbocycles. The van der Waals surface area contributed by atoms with Gasteiger partial charge in [-0.1, -0.05) is 78.9 Å². The molecular weight excluding hydrogens is 320 g/mol. The van der Waals surface area contributed by atoms with E-state index >= 15 is 0 Å². The van der Waals surface area contributed by atoms with E-state index in [1.807, 2.05) is 30.3 Å². The molecule has 3 aromatic rings. The smallest absolute Gasteiger partial charge is 0.0660 e. The lowest BCUT2D eigenvalue weighted by atomic mass is 10.1. The number of anilines is 1. The largest absolute Gasteiger partial charge is 0.394 e. The van der Waals surface area contributed by atoms with Crippen molar-refractivity contribution < 1.29 is 5.11 Å². The molecule has 1 N–H and O–H groups in total. The zero-order valence-corrected chi connectivity index (χ0v) is 15.2. The standard InChI is InChI=1S/C23H26N2O/c1-20(19-26)25(23-15-9-4-10-16-23)24(17-21-11-5-2-6-12-21)18-22-13-7-3-8-14-22/h2-16,20,26H,17-19H2,1H3/t20-/m0/s1. The normalized spacial score (nSPS) is 12.1. The maximum absolute atomic E-state index is 9.88. The quantitative estimate of drug-likeness (QED) is 0.609. The SMILES string of the molecule is C[C@@H](CO)N(c1ccccc1)N(Cc1ccccc1)Cc1ccccc1. The fourth-order valence-electron chi connectivity index (χ4n) is 3.15. The summed E-state index contributed by atoms with van der Waals surface area (Å²) in [7, 11) is 0. The zero-order chi connectivity index (χ0) is 18.2. The first kappa shape index (κ1) is 18.2. The lowest BCUT2D eigenvalue weighted by Gasteiger charge is -2.40. The monoisotopic (exact) mass is 346 g/mol. The Balaban J connectivity index is 1.95. The number of benzene rings is 3. The maximum Gasteiger partial charge on any atom is 0.0660 e. The Morgan fingerprint density at radius 2 is 1.12 bits per heavy atom. The Morgan fingerprint density at radius 3 is 1.54 bits per heavy atom. The van der Waals surface area contributed by atoms with Crippen molar-refractivity contribution in [2.75, 3.05) is 11.6 Å². The molecule has 3 heteroatoms. The van der Waals surface area contributed by atoms with Crippen molar-refractivity contribution in [3.05, 3.63) is 102 Å². The minimum atomic E-state index is -0.0233. The summed E-state index contributed by atoms with van der Waals surface area (Å²) in [5, 5.41) is 14.4. The zero-order valence-electron chi connectivity index (χ0n) is 15.2. The Morgan fingerprint density at radius 1 is 0.692 bits per heavy atom. The number of hydrogen-bond acceptors (Lipinski definition) is 3. The summed E-state index contributed by atoms with van der Waals surface area (Å²) >= 11 is 0. The minimum absolute atomic E-state index is 0.0233. The van der Waals surface area contributed by atoms with Gasteiger partial charge in [0.15, 0.2) is 0 Å². The second-order valence-corrected chi connectivity index (χ2v) is 6.51. The number of aliphatic hydroxyl groups is 1. The number of para-hydroxylation sites is 1. The molecule has 3 nitrogen and oxygen atoms in total. The van der Waals surface area contributed by atoms with Crippen LogP contribution in [0.4, 0.5) is 5.69 Å². The van der Waals surface area contributed by atoms with Gasteiger partial charge < -0.3 is 10.1 Å². The molecule has 0 amide bonds. The molecule has 0 fully saturated rings. The molecule has 134 valence electrons. The van der Waals surface area contributed by atoms with Crippen LogP contribution in [0.15, 0.2) is 91.0 Å². The number of rotatable bonds is 8. The van der Waals surface area contributed by atoms with E-state index < -0.39 is 0 Å². The van der Waals surface area contributed by atoms with Crippen molar-refractivity contribution in [2.45, 2.75) is 26.1 Å². The van der Waals surface area contributed by atoms with Gasteiger partial charge in [-0.2, -0.15) is 0 Å². The second kappa shape index (κ2) is 9.18. The fourth-order valence-corrected chi connectivity index (χ4v) is 3.15. The third kappa shape index (κ3) is 4.72. The highest BCUT2D eigenvalue weighted by Crippen LogP contribution is 2.23. The highest BCUT2D eigenvalue weighted by molar-refractivity contribution is 5.46. The van der Waals surface area contributed by atoms with E-state index in [1.54, 1.807) is 0 Å². The van der Waals surface area contributed by atoms with Crippen LogP contribution in [-0.2, 0) is 13.1 Å². The number of aliphatic hydroxyl groups excluding tert-OH is 1. The maximum atomic E-state index is 9.88. The van der Waals surface area contributed by atoms with Crippen molar-refractivity contribution in [2.24, 2.45) is 0 Å². The summed E-state index contributed by atoms with van der Waals surface area (Å²) in [4.78, 5) is 0. The fraction of sp³-hybridized carbons (Fsp3) is 0.217. The van der Waals surface area contributed by atoms with Crippen LogP contribution in [0, 0.1) is 0 Å². The van der Waals surface area contributed by atoms with Gasteiger partial charge in [0, 0.05) is 13.1 Å². The third-order valence-electron chi connectivity index (χ3n) is 4.42. The average molecular weight is 346 g/mol. The summed E-state index contributed by atoms with van der Waals surface area (Å²) in [6.07, 6.45) is 0. The second-order valence-electron chi connectivity index (χ2n) is 6.51. The molecular formula is C23H26N2O. The van der Waals surface area contributed by atoms with Gasteiger partial charge >= 0.3 is 0 Å². The van der Waals surface area contributed by atoms with E-state index in [0.29, 0.717) is 0 Å². The Labute approximate surface area is 156 Å². The molecule has 0 bridgehead atoms. The van der Waals surface area contributed by atoms with Crippen LogP contribution < -0.4 is 5.01 Å². The summed E-state index contributed by atoms with van der Waals surface area (Å²) in [5.41, 5.74) is 3.57. The molecule has 0 aliphatic heterocycles. The highest BCUT2D eigenvalue weighted by atomic mass is 16.3. The summed E-state index contributed by atoms with van der Waals surface area (Å²) in [6, 6.07) is 31.2. The van der Waals surface area contributed by atoms with Crippen molar-refractivity contribution in [1.29, 1.82) is 0 Å². The molecule has 0 heterocycles. The van der Waals surface area contributed by atoms with Gasteiger partial charge in [-0.05, 0) is 30.2 Å². The molecule has 3 aromatic carbocycles. The minimum Gasteiger partial charge on any atom is -0.394 e. The lowest BCUT2D eigenvalue weighted by molar-refractivity contribution is 0.169. The highest BCUT2D eigenvalue weighted by Gasteiger charge is 2.22. The van der Waals surface area contributed by atoms with Gasteiger partial charge in [-0.25, -0.2) is 5.01 Å². The number of hydrazine groups is 1. The van der Waals surface area contributed by atoms with E-state index in [1.165, 1.54) is 11.1 Å². The van der Waals surface area contributed by atoms with E-state index in [9.17, 15) is 5.11 Å². The lowest BCUT2D eigenvalue weighted by Crippen LogP contribution is -2.48.